The number of aliphatic hydroxyl groups excluding tert-OH is 1. The predicted molar refractivity (Wildman–Crippen MR) is 80.0 cm³/mol. The largest absolute Gasteiger partial charge is 0.469 e. The number of benzene rings is 1. The Bertz CT molecular complexity index is 483. The first-order valence-electron chi connectivity index (χ1n) is 7.08. The normalized spacial score (nSPS) is 11.8. The SMILES string of the molecule is CCC(CO)N(CCC(=O)OC)C(=O)c1cccc(C)c1. The number of carbonyl (C=O) groups is 2. The van der Waals surface area contributed by atoms with Crippen LogP contribution in [0.2, 0.25) is 0 Å². The number of methoxy groups -OCH3 is 1. The molecular weight excluding hydrogens is 270 g/mol. The minimum atomic E-state index is -0.371. The molecule has 0 spiro atoms. The Morgan fingerprint density at radius 1 is 1.38 bits per heavy atom. The minimum Gasteiger partial charge on any atom is -0.469 e. The average Bonchev–Trinajstić information content (AvgIpc) is 2.50. The van der Waals surface area contributed by atoms with Crippen LogP contribution < -0.4 is 0 Å². The van der Waals surface area contributed by atoms with Gasteiger partial charge in [0, 0.05) is 12.1 Å². The number of aryl methyl sites for hydroxylation is 1. The molecule has 5 nitrogen and oxygen atoms in total. The summed E-state index contributed by atoms with van der Waals surface area (Å²) in [5.41, 5.74) is 1.55. The average molecular weight is 293 g/mol. The summed E-state index contributed by atoms with van der Waals surface area (Å²) in [6.07, 6.45) is 0.736. The molecule has 0 fully saturated rings. The number of ether oxygens (including phenoxy) is 1. The third kappa shape index (κ3) is 4.86. The van der Waals surface area contributed by atoms with Crippen LogP contribution in [-0.2, 0) is 9.53 Å². The van der Waals surface area contributed by atoms with E-state index in [0.717, 1.165) is 5.56 Å². The maximum atomic E-state index is 12.6. The highest BCUT2D eigenvalue weighted by Crippen LogP contribution is 2.13. The van der Waals surface area contributed by atoms with E-state index in [1.54, 1.807) is 17.0 Å². The molecule has 116 valence electrons. The molecule has 1 N–H and O–H groups in total. The van der Waals surface area contributed by atoms with Gasteiger partial charge >= 0.3 is 5.97 Å². The summed E-state index contributed by atoms with van der Waals surface area (Å²) >= 11 is 0. The van der Waals surface area contributed by atoms with E-state index in [4.69, 9.17) is 0 Å². The van der Waals surface area contributed by atoms with E-state index in [-0.39, 0.29) is 37.5 Å². The fourth-order valence-electron chi connectivity index (χ4n) is 2.16. The van der Waals surface area contributed by atoms with Crippen molar-refractivity contribution in [3.8, 4) is 0 Å². The second kappa shape index (κ2) is 8.42. The van der Waals surface area contributed by atoms with Gasteiger partial charge in [0.15, 0.2) is 0 Å². The minimum absolute atomic E-state index is 0.116. The van der Waals surface area contributed by atoms with Gasteiger partial charge in [-0.15, -0.1) is 0 Å². The Kier molecular flexibility index (Phi) is 6.88. The van der Waals surface area contributed by atoms with Crippen LogP contribution in [0.3, 0.4) is 0 Å². The standard InChI is InChI=1S/C16H23NO4/c1-4-14(11-18)17(9-8-15(19)21-3)16(20)13-7-5-6-12(2)10-13/h5-7,10,14,18H,4,8-9,11H2,1-3H3. The number of carbonyl (C=O) groups excluding carboxylic acids is 2. The van der Waals surface area contributed by atoms with Gasteiger partial charge in [-0.3, -0.25) is 9.59 Å². The fraction of sp³-hybridized carbons (Fsp3) is 0.500. The lowest BCUT2D eigenvalue weighted by Gasteiger charge is -2.30. The van der Waals surface area contributed by atoms with Gasteiger partial charge in [0.05, 0.1) is 26.2 Å². The molecule has 5 heteroatoms. The quantitative estimate of drug-likeness (QED) is 0.778. The lowest BCUT2D eigenvalue weighted by Crippen LogP contribution is -2.43. The van der Waals surface area contributed by atoms with E-state index in [9.17, 15) is 14.7 Å². The fourth-order valence-corrected chi connectivity index (χ4v) is 2.16. The van der Waals surface area contributed by atoms with Gasteiger partial charge in [-0.1, -0.05) is 24.6 Å². The van der Waals surface area contributed by atoms with E-state index >= 15 is 0 Å². The molecule has 1 aromatic rings. The molecule has 0 heterocycles. The van der Waals surface area contributed by atoms with E-state index in [1.165, 1.54) is 7.11 Å². The second-order valence-electron chi connectivity index (χ2n) is 4.94. The predicted octanol–water partition coefficient (Wildman–Crippen LogP) is 1.77. The molecule has 0 saturated heterocycles. The molecule has 0 bridgehead atoms. The van der Waals surface area contributed by atoms with Gasteiger partial charge in [-0.05, 0) is 25.5 Å². The lowest BCUT2D eigenvalue weighted by molar-refractivity contribution is -0.140. The monoisotopic (exact) mass is 293 g/mol. The zero-order valence-electron chi connectivity index (χ0n) is 12.8. The Morgan fingerprint density at radius 3 is 2.62 bits per heavy atom. The van der Waals surface area contributed by atoms with Gasteiger partial charge in [-0.2, -0.15) is 0 Å². The van der Waals surface area contributed by atoms with E-state index in [2.05, 4.69) is 4.74 Å². The number of aliphatic hydroxyl groups is 1. The van der Waals surface area contributed by atoms with Crippen molar-refractivity contribution in [3.05, 3.63) is 35.4 Å². The van der Waals surface area contributed by atoms with Gasteiger partial charge in [0.25, 0.3) is 5.91 Å². The highest BCUT2D eigenvalue weighted by atomic mass is 16.5. The van der Waals surface area contributed by atoms with Gasteiger partial charge < -0.3 is 14.7 Å². The van der Waals surface area contributed by atoms with Crippen molar-refractivity contribution in [2.45, 2.75) is 32.7 Å². The summed E-state index contributed by atoms with van der Waals surface area (Å²) in [7, 11) is 1.32. The number of rotatable bonds is 7. The van der Waals surface area contributed by atoms with Crippen molar-refractivity contribution < 1.29 is 19.4 Å². The van der Waals surface area contributed by atoms with Crippen molar-refractivity contribution >= 4 is 11.9 Å². The van der Waals surface area contributed by atoms with Crippen LogP contribution in [0.25, 0.3) is 0 Å². The van der Waals surface area contributed by atoms with Crippen LogP contribution in [0.15, 0.2) is 24.3 Å². The highest BCUT2D eigenvalue weighted by molar-refractivity contribution is 5.94. The van der Waals surface area contributed by atoms with Crippen molar-refractivity contribution in [2.24, 2.45) is 0 Å². The third-order valence-electron chi connectivity index (χ3n) is 3.43. The Balaban J connectivity index is 2.93. The molecular formula is C16H23NO4. The summed E-state index contributed by atoms with van der Waals surface area (Å²) in [6, 6.07) is 6.98. The first-order valence-corrected chi connectivity index (χ1v) is 7.08. The summed E-state index contributed by atoms with van der Waals surface area (Å²) in [6.45, 7) is 3.92. The van der Waals surface area contributed by atoms with Gasteiger partial charge in [-0.25, -0.2) is 0 Å². The summed E-state index contributed by atoms with van der Waals surface area (Å²) in [5, 5.41) is 9.46. The molecule has 1 rings (SSSR count). The molecule has 0 aliphatic rings. The number of esters is 1. The maximum absolute atomic E-state index is 12.6. The Morgan fingerprint density at radius 2 is 2.10 bits per heavy atom. The van der Waals surface area contributed by atoms with Crippen molar-refractivity contribution in [3.63, 3.8) is 0 Å². The first-order chi connectivity index (χ1) is 10.0. The van der Waals surface area contributed by atoms with Crippen LogP contribution in [0.4, 0.5) is 0 Å². The molecule has 0 aromatic heterocycles. The Hall–Kier alpha value is -1.88. The van der Waals surface area contributed by atoms with Crippen molar-refractivity contribution in [1.29, 1.82) is 0 Å². The van der Waals surface area contributed by atoms with Crippen LogP contribution in [0.5, 0.6) is 0 Å². The summed E-state index contributed by atoms with van der Waals surface area (Å²) in [5.74, 6) is -0.548. The van der Waals surface area contributed by atoms with Crippen LogP contribution in [-0.4, -0.2) is 48.2 Å². The molecule has 1 aromatic carbocycles. The number of nitrogens with zero attached hydrogens (tertiary/aromatic N) is 1. The summed E-state index contributed by atoms with van der Waals surface area (Å²) < 4.78 is 4.61. The molecule has 1 unspecified atom stereocenters. The Labute approximate surface area is 125 Å². The lowest BCUT2D eigenvalue weighted by atomic mass is 10.1. The van der Waals surface area contributed by atoms with Crippen LogP contribution in [0, 0.1) is 6.92 Å². The molecule has 1 atom stereocenters. The maximum Gasteiger partial charge on any atom is 0.307 e. The smallest absolute Gasteiger partial charge is 0.307 e. The molecule has 1 amide bonds. The van der Waals surface area contributed by atoms with Gasteiger partial charge in [0.2, 0.25) is 0 Å². The zero-order valence-corrected chi connectivity index (χ0v) is 12.8. The topological polar surface area (TPSA) is 66.8 Å². The van der Waals surface area contributed by atoms with E-state index in [0.29, 0.717) is 12.0 Å². The van der Waals surface area contributed by atoms with Crippen LogP contribution >= 0.6 is 0 Å². The molecule has 21 heavy (non-hydrogen) atoms. The van der Waals surface area contributed by atoms with Crippen molar-refractivity contribution in [1.82, 2.24) is 4.90 Å². The second-order valence-corrected chi connectivity index (χ2v) is 4.94. The number of hydrogen-bond acceptors (Lipinski definition) is 4. The van der Waals surface area contributed by atoms with E-state index in [1.807, 2.05) is 26.0 Å². The van der Waals surface area contributed by atoms with Gasteiger partial charge in [0.1, 0.15) is 0 Å². The molecule has 0 radical (unpaired) electrons. The van der Waals surface area contributed by atoms with Crippen molar-refractivity contribution in [2.75, 3.05) is 20.3 Å². The first kappa shape index (κ1) is 17.2. The number of hydrogen-bond donors (Lipinski definition) is 1. The highest BCUT2D eigenvalue weighted by Gasteiger charge is 2.23. The zero-order chi connectivity index (χ0) is 15.8. The molecule has 0 aliphatic carbocycles. The summed E-state index contributed by atoms with van der Waals surface area (Å²) in [4.78, 5) is 25.5. The molecule has 0 aliphatic heterocycles. The van der Waals surface area contributed by atoms with Crippen LogP contribution in [0.1, 0.15) is 35.7 Å². The van der Waals surface area contributed by atoms with E-state index < -0.39 is 0 Å². The molecule has 0 saturated carbocycles. The number of amides is 1. The third-order valence-corrected chi connectivity index (χ3v) is 3.43.